The molecule has 0 saturated heterocycles. The first-order valence-corrected chi connectivity index (χ1v) is 6.96. The Bertz CT molecular complexity index is 614. The number of hydrogen-bond donors (Lipinski definition) is 1. The van der Waals surface area contributed by atoms with Crippen LogP contribution in [0.5, 0.6) is 11.5 Å². The number of nitrogens with one attached hydrogen (secondary N) is 1. The van der Waals surface area contributed by atoms with Crippen LogP contribution in [0.15, 0.2) is 12.1 Å². The van der Waals surface area contributed by atoms with Gasteiger partial charge in [-0.25, -0.2) is 0 Å². The average molecular weight is 306 g/mol. The minimum Gasteiger partial charge on any atom is -0.490 e. The third-order valence-corrected chi connectivity index (χ3v) is 3.27. The zero-order chi connectivity index (χ0) is 16.3. The Morgan fingerprint density at radius 1 is 1.50 bits per heavy atom. The molecule has 2 amide bonds. The Kier molecular flexibility index (Phi) is 4.65. The van der Waals surface area contributed by atoms with Gasteiger partial charge in [0.1, 0.15) is 12.8 Å². The van der Waals surface area contributed by atoms with Crippen LogP contribution in [0, 0.1) is 0 Å². The van der Waals surface area contributed by atoms with E-state index in [4.69, 9.17) is 9.47 Å². The Hall–Kier alpha value is -2.57. The van der Waals surface area contributed by atoms with Crippen LogP contribution in [0.25, 0.3) is 0 Å². The maximum Gasteiger partial charge on any atom is 0.268 e. The summed E-state index contributed by atoms with van der Waals surface area (Å²) < 4.78 is 11.1. The molecule has 0 aromatic heterocycles. The maximum absolute atomic E-state index is 12.3. The fourth-order valence-electron chi connectivity index (χ4n) is 2.21. The van der Waals surface area contributed by atoms with Crippen molar-refractivity contribution in [2.75, 3.05) is 25.1 Å². The van der Waals surface area contributed by atoms with Gasteiger partial charge in [0.05, 0.1) is 12.3 Å². The van der Waals surface area contributed by atoms with Crippen LogP contribution in [0.4, 0.5) is 5.69 Å². The van der Waals surface area contributed by atoms with Crippen molar-refractivity contribution in [1.82, 2.24) is 5.32 Å². The second-order valence-electron chi connectivity index (χ2n) is 4.78. The van der Waals surface area contributed by atoms with Crippen LogP contribution in [-0.4, -0.2) is 44.4 Å². The van der Waals surface area contributed by atoms with E-state index < -0.39 is 6.10 Å². The molecule has 1 N–H and O–H groups in total. The topological polar surface area (TPSA) is 84.9 Å². The van der Waals surface area contributed by atoms with Crippen molar-refractivity contribution in [1.29, 1.82) is 0 Å². The summed E-state index contributed by atoms with van der Waals surface area (Å²) in [5.74, 6) is 0.0799. The van der Waals surface area contributed by atoms with Gasteiger partial charge in [-0.15, -0.1) is 0 Å². The molecule has 1 aromatic rings. The van der Waals surface area contributed by atoms with Crippen LogP contribution in [0.2, 0.25) is 0 Å². The normalized spacial score (nSPS) is 16.6. The lowest BCUT2D eigenvalue weighted by Gasteiger charge is -2.33. The van der Waals surface area contributed by atoms with Crippen LogP contribution in [0.1, 0.15) is 24.2 Å². The van der Waals surface area contributed by atoms with Crippen LogP contribution >= 0.6 is 0 Å². The van der Waals surface area contributed by atoms with E-state index in [0.29, 0.717) is 35.6 Å². The van der Waals surface area contributed by atoms with E-state index in [2.05, 4.69) is 5.32 Å². The molecule has 1 aliphatic heterocycles. The Labute approximate surface area is 128 Å². The van der Waals surface area contributed by atoms with Crippen molar-refractivity contribution in [3.63, 3.8) is 0 Å². The number of carbonyl (C=O) groups excluding carboxylic acids is 3. The number of fused-ring (bicyclic) bond motifs is 1. The molecule has 0 saturated carbocycles. The molecule has 22 heavy (non-hydrogen) atoms. The van der Waals surface area contributed by atoms with E-state index in [1.807, 2.05) is 0 Å². The summed E-state index contributed by atoms with van der Waals surface area (Å²) in [6, 6.07) is 3.06. The van der Waals surface area contributed by atoms with Crippen LogP contribution in [0.3, 0.4) is 0 Å². The zero-order valence-corrected chi connectivity index (χ0v) is 12.7. The maximum atomic E-state index is 12.3. The number of anilines is 1. The summed E-state index contributed by atoms with van der Waals surface area (Å²) in [5, 5.41) is 2.47. The van der Waals surface area contributed by atoms with Crippen molar-refractivity contribution in [3.05, 3.63) is 17.7 Å². The molecule has 0 aliphatic carbocycles. The van der Waals surface area contributed by atoms with Crippen molar-refractivity contribution in [2.24, 2.45) is 0 Å². The number of benzene rings is 1. The van der Waals surface area contributed by atoms with Gasteiger partial charge in [-0.1, -0.05) is 0 Å². The minimum absolute atomic E-state index is 0.149. The van der Waals surface area contributed by atoms with Crippen molar-refractivity contribution in [3.8, 4) is 11.5 Å². The number of aldehydes is 1. The lowest BCUT2D eigenvalue weighted by atomic mass is 10.1. The zero-order valence-electron chi connectivity index (χ0n) is 12.7. The number of nitrogens with zero attached hydrogens (tertiary/aromatic N) is 1. The predicted octanol–water partition coefficient (Wildman–Crippen LogP) is 0.758. The molecule has 7 heteroatoms. The highest BCUT2D eigenvalue weighted by atomic mass is 16.5. The highest BCUT2D eigenvalue weighted by molar-refractivity contribution is 6.04. The molecular formula is C15H18N2O5. The van der Waals surface area contributed by atoms with Crippen molar-refractivity contribution < 1.29 is 23.9 Å². The third kappa shape index (κ3) is 2.88. The number of amides is 2. The number of ether oxygens (including phenoxy) is 2. The lowest BCUT2D eigenvalue weighted by molar-refractivity contribution is -0.128. The van der Waals surface area contributed by atoms with Crippen LogP contribution < -0.4 is 19.7 Å². The van der Waals surface area contributed by atoms with E-state index in [9.17, 15) is 14.4 Å². The molecular weight excluding hydrogens is 288 g/mol. The third-order valence-electron chi connectivity index (χ3n) is 3.27. The van der Waals surface area contributed by atoms with Crippen molar-refractivity contribution >= 4 is 23.8 Å². The number of likely N-dealkylation sites (N-methyl/N-ethyl adjacent to an activating group) is 1. The van der Waals surface area contributed by atoms with Gasteiger partial charge in [0.25, 0.3) is 5.91 Å². The second kappa shape index (κ2) is 6.46. The monoisotopic (exact) mass is 306 g/mol. The van der Waals surface area contributed by atoms with Crippen molar-refractivity contribution in [2.45, 2.75) is 20.0 Å². The van der Waals surface area contributed by atoms with E-state index in [-0.39, 0.29) is 18.4 Å². The van der Waals surface area contributed by atoms with E-state index in [0.717, 1.165) is 0 Å². The predicted molar refractivity (Wildman–Crippen MR) is 79.5 cm³/mol. The highest BCUT2D eigenvalue weighted by Gasteiger charge is 2.35. The minimum atomic E-state index is -0.738. The molecule has 0 bridgehead atoms. The highest BCUT2D eigenvalue weighted by Crippen LogP contribution is 2.42. The van der Waals surface area contributed by atoms with E-state index >= 15 is 0 Å². The molecule has 0 spiro atoms. The molecule has 0 radical (unpaired) electrons. The summed E-state index contributed by atoms with van der Waals surface area (Å²) in [7, 11) is 1.49. The summed E-state index contributed by atoms with van der Waals surface area (Å²) in [6.45, 7) is 3.64. The van der Waals surface area contributed by atoms with Gasteiger partial charge >= 0.3 is 0 Å². The van der Waals surface area contributed by atoms with Gasteiger partial charge in [0.2, 0.25) is 5.91 Å². The fraction of sp³-hybridized carbons (Fsp3) is 0.400. The van der Waals surface area contributed by atoms with E-state index in [1.165, 1.54) is 18.0 Å². The molecule has 2 rings (SSSR count). The lowest BCUT2D eigenvalue weighted by Crippen LogP contribution is -2.48. The smallest absolute Gasteiger partial charge is 0.268 e. The first kappa shape index (κ1) is 15.8. The molecule has 7 nitrogen and oxygen atoms in total. The summed E-state index contributed by atoms with van der Waals surface area (Å²) in [4.78, 5) is 36.4. The molecule has 1 aliphatic rings. The molecule has 1 unspecified atom stereocenters. The molecule has 0 fully saturated rings. The first-order chi connectivity index (χ1) is 10.5. The van der Waals surface area contributed by atoms with Gasteiger partial charge in [-0.05, 0) is 26.0 Å². The number of hydrogen-bond acceptors (Lipinski definition) is 5. The summed E-state index contributed by atoms with van der Waals surface area (Å²) in [6.07, 6.45) is -0.0814. The Balaban J connectivity index is 2.55. The van der Waals surface area contributed by atoms with Crippen LogP contribution in [-0.2, 0) is 9.59 Å². The standard InChI is InChI=1S/C15H18N2O5/c1-4-21-12-6-10(8-18)5-11-14(12)22-9(2)15(20)17(11)7-13(19)16-3/h5-6,8-9H,4,7H2,1-3H3,(H,16,19). The second-order valence-corrected chi connectivity index (χ2v) is 4.78. The van der Waals surface area contributed by atoms with Gasteiger partial charge < -0.3 is 14.8 Å². The average Bonchev–Trinajstić information content (AvgIpc) is 2.52. The Morgan fingerprint density at radius 3 is 2.82 bits per heavy atom. The number of carbonyl (C=O) groups is 3. The van der Waals surface area contributed by atoms with Gasteiger partial charge in [-0.2, -0.15) is 0 Å². The SMILES string of the molecule is CCOc1cc(C=O)cc2c1OC(C)C(=O)N2CC(=O)NC. The molecule has 1 atom stereocenters. The van der Waals surface area contributed by atoms with Gasteiger partial charge in [0.15, 0.2) is 17.6 Å². The molecule has 118 valence electrons. The van der Waals surface area contributed by atoms with Gasteiger partial charge in [0, 0.05) is 12.6 Å². The fourth-order valence-corrected chi connectivity index (χ4v) is 2.21. The molecule has 1 heterocycles. The summed E-state index contributed by atoms with van der Waals surface area (Å²) >= 11 is 0. The number of rotatable bonds is 5. The van der Waals surface area contributed by atoms with E-state index in [1.54, 1.807) is 19.9 Å². The van der Waals surface area contributed by atoms with Gasteiger partial charge in [-0.3, -0.25) is 19.3 Å². The quantitative estimate of drug-likeness (QED) is 0.812. The Morgan fingerprint density at radius 2 is 2.23 bits per heavy atom. The molecule has 1 aromatic carbocycles. The first-order valence-electron chi connectivity index (χ1n) is 6.96. The largest absolute Gasteiger partial charge is 0.490 e. The summed E-state index contributed by atoms with van der Waals surface area (Å²) in [5.41, 5.74) is 0.704.